The first-order chi connectivity index (χ1) is 13.7. The standard InChI is InChI=1S/C20H20FN5O2/c21-20-15-4-1-12(25-15)7-18(20)28-19-10-23-16(9-24-19)14-3-2-13(8-17(14)27)26-6-5-22-11-26/h2-3,5-6,8-12,15,18,20,25,27H,1,4,7H2/t12?,15?,18-,20+/m1/s1. The van der Waals surface area contributed by atoms with Crippen molar-refractivity contribution < 1.29 is 14.2 Å². The molecule has 8 heteroatoms. The van der Waals surface area contributed by atoms with Crippen molar-refractivity contribution in [1.29, 1.82) is 0 Å². The van der Waals surface area contributed by atoms with Crippen molar-refractivity contribution in [3.8, 4) is 28.6 Å². The lowest BCUT2D eigenvalue weighted by Crippen LogP contribution is -2.51. The normalized spacial score (nSPS) is 26.3. The van der Waals surface area contributed by atoms with E-state index in [2.05, 4.69) is 20.3 Å². The van der Waals surface area contributed by atoms with Gasteiger partial charge in [0.15, 0.2) is 6.17 Å². The van der Waals surface area contributed by atoms with E-state index in [0.717, 1.165) is 18.5 Å². The first-order valence-electron chi connectivity index (χ1n) is 9.38. The Labute approximate surface area is 161 Å². The summed E-state index contributed by atoms with van der Waals surface area (Å²) in [7, 11) is 0. The van der Waals surface area contributed by atoms with Gasteiger partial charge in [-0.3, -0.25) is 0 Å². The minimum atomic E-state index is -1.04. The number of ether oxygens (including phenoxy) is 1. The van der Waals surface area contributed by atoms with Crippen LogP contribution in [0.1, 0.15) is 19.3 Å². The van der Waals surface area contributed by atoms with Crippen LogP contribution in [0.4, 0.5) is 4.39 Å². The summed E-state index contributed by atoms with van der Waals surface area (Å²) in [5.41, 5.74) is 1.87. The molecule has 2 saturated heterocycles. The number of phenolic OH excluding ortho intramolecular Hbond substituents is 1. The molecule has 4 atom stereocenters. The van der Waals surface area contributed by atoms with E-state index >= 15 is 0 Å². The third-order valence-corrected chi connectivity index (χ3v) is 5.49. The second-order valence-corrected chi connectivity index (χ2v) is 7.30. The fraction of sp³-hybridized carbons (Fsp3) is 0.350. The Bertz CT molecular complexity index is 963. The molecular formula is C20H20FN5O2. The van der Waals surface area contributed by atoms with Crippen LogP contribution in [0.15, 0.2) is 49.3 Å². The third kappa shape index (κ3) is 3.09. The van der Waals surface area contributed by atoms with Crippen molar-refractivity contribution >= 4 is 0 Å². The van der Waals surface area contributed by atoms with E-state index < -0.39 is 12.3 Å². The molecule has 3 aromatic rings. The van der Waals surface area contributed by atoms with Gasteiger partial charge in [0.05, 0.1) is 30.1 Å². The van der Waals surface area contributed by atoms with E-state index in [4.69, 9.17) is 4.74 Å². The Balaban J connectivity index is 1.32. The molecule has 2 aliphatic heterocycles. The Hall–Kier alpha value is -3.00. The monoisotopic (exact) mass is 381 g/mol. The number of hydrogen-bond donors (Lipinski definition) is 2. The Morgan fingerprint density at radius 3 is 2.89 bits per heavy atom. The summed E-state index contributed by atoms with van der Waals surface area (Å²) in [6.45, 7) is 0. The van der Waals surface area contributed by atoms with Crippen LogP contribution in [-0.2, 0) is 0 Å². The van der Waals surface area contributed by atoms with Gasteiger partial charge < -0.3 is 19.7 Å². The van der Waals surface area contributed by atoms with E-state index in [0.29, 0.717) is 29.6 Å². The minimum absolute atomic E-state index is 0.0907. The second-order valence-electron chi connectivity index (χ2n) is 7.30. The van der Waals surface area contributed by atoms with Gasteiger partial charge in [-0.1, -0.05) is 0 Å². The average Bonchev–Trinajstić information content (AvgIpc) is 3.37. The van der Waals surface area contributed by atoms with Crippen LogP contribution in [0.3, 0.4) is 0 Å². The molecule has 0 aliphatic carbocycles. The van der Waals surface area contributed by atoms with E-state index in [9.17, 15) is 9.50 Å². The average molecular weight is 381 g/mol. The number of piperidine rings is 1. The highest BCUT2D eigenvalue weighted by Gasteiger charge is 2.43. The molecule has 0 radical (unpaired) electrons. The molecular weight excluding hydrogens is 361 g/mol. The van der Waals surface area contributed by atoms with Crippen molar-refractivity contribution in [2.24, 2.45) is 0 Å². The number of fused-ring (bicyclic) bond motifs is 2. The second kappa shape index (κ2) is 6.87. The zero-order chi connectivity index (χ0) is 19.1. The number of aromatic nitrogens is 4. The van der Waals surface area contributed by atoms with Crippen molar-refractivity contribution in [3.63, 3.8) is 0 Å². The summed E-state index contributed by atoms with van der Waals surface area (Å²) >= 11 is 0. The SMILES string of the molecule is Oc1cc(-n2ccnc2)ccc1-c1cnc(O[C@@H]2CC3CCC(N3)[C@@H]2F)cn1. The fourth-order valence-corrected chi connectivity index (χ4v) is 4.05. The van der Waals surface area contributed by atoms with Crippen molar-refractivity contribution in [2.75, 3.05) is 0 Å². The van der Waals surface area contributed by atoms with Crippen LogP contribution in [-0.4, -0.2) is 49.0 Å². The van der Waals surface area contributed by atoms with Gasteiger partial charge >= 0.3 is 0 Å². The summed E-state index contributed by atoms with van der Waals surface area (Å²) in [5.74, 6) is 0.389. The molecule has 2 N–H and O–H groups in total. The van der Waals surface area contributed by atoms with Gasteiger partial charge in [-0.05, 0) is 25.0 Å². The molecule has 1 aromatic carbocycles. The Kier molecular flexibility index (Phi) is 4.20. The number of aromatic hydroxyl groups is 1. The van der Waals surface area contributed by atoms with Gasteiger partial charge in [0.2, 0.25) is 5.88 Å². The van der Waals surface area contributed by atoms with Gasteiger partial charge in [-0.2, -0.15) is 0 Å². The van der Waals surface area contributed by atoms with Gasteiger partial charge in [-0.25, -0.2) is 19.3 Å². The molecule has 2 aliphatic rings. The molecule has 0 amide bonds. The lowest BCUT2D eigenvalue weighted by atomic mass is 10.0. The zero-order valence-corrected chi connectivity index (χ0v) is 15.1. The predicted octanol–water partition coefficient (Wildman–Crippen LogP) is 2.64. The number of hydrogen-bond acceptors (Lipinski definition) is 6. The lowest BCUT2D eigenvalue weighted by Gasteiger charge is -2.32. The molecule has 4 heterocycles. The van der Waals surface area contributed by atoms with Crippen LogP contribution < -0.4 is 10.1 Å². The maximum Gasteiger partial charge on any atom is 0.232 e. The smallest absolute Gasteiger partial charge is 0.232 e. The molecule has 7 nitrogen and oxygen atoms in total. The van der Waals surface area contributed by atoms with Crippen molar-refractivity contribution in [1.82, 2.24) is 24.8 Å². The number of halogens is 1. The Morgan fingerprint density at radius 2 is 2.14 bits per heavy atom. The van der Waals surface area contributed by atoms with Crippen LogP contribution >= 0.6 is 0 Å². The largest absolute Gasteiger partial charge is 0.507 e. The summed E-state index contributed by atoms with van der Waals surface area (Å²) < 4.78 is 22.1. The quantitative estimate of drug-likeness (QED) is 0.723. The third-order valence-electron chi connectivity index (χ3n) is 5.49. The Morgan fingerprint density at radius 1 is 1.21 bits per heavy atom. The van der Waals surface area contributed by atoms with Gasteiger partial charge in [-0.15, -0.1) is 0 Å². The maximum atomic E-state index is 14.5. The van der Waals surface area contributed by atoms with E-state index in [-0.39, 0.29) is 11.8 Å². The van der Waals surface area contributed by atoms with Crippen LogP contribution in [0.25, 0.3) is 16.9 Å². The van der Waals surface area contributed by atoms with Crippen LogP contribution in [0, 0.1) is 0 Å². The summed E-state index contributed by atoms with van der Waals surface area (Å²) in [6.07, 6.45) is 9.08. The molecule has 0 spiro atoms. The molecule has 2 unspecified atom stereocenters. The molecule has 2 bridgehead atoms. The first kappa shape index (κ1) is 17.1. The molecule has 5 rings (SSSR count). The minimum Gasteiger partial charge on any atom is -0.507 e. The highest BCUT2D eigenvalue weighted by molar-refractivity contribution is 5.68. The van der Waals surface area contributed by atoms with Crippen molar-refractivity contribution in [2.45, 2.75) is 43.6 Å². The van der Waals surface area contributed by atoms with E-state index in [1.165, 1.54) is 12.4 Å². The number of nitrogens with one attached hydrogen (secondary N) is 1. The molecule has 2 fully saturated rings. The fourth-order valence-electron chi connectivity index (χ4n) is 4.05. The van der Waals surface area contributed by atoms with Gasteiger partial charge in [0.25, 0.3) is 0 Å². The summed E-state index contributed by atoms with van der Waals surface area (Å²) in [5, 5.41) is 13.7. The number of rotatable bonds is 4. The number of benzene rings is 1. The van der Waals surface area contributed by atoms with E-state index in [1.807, 2.05) is 6.07 Å². The van der Waals surface area contributed by atoms with E-state index in [1.54, 1.807) is 35.4 Å². The maximum absolute atomic E-state index is 14.5. The lowest BCUT2D eigenvalue weighted by molar-refractivity contribution is 0.0425. The van der Waals surface area contributed by atoms with Crippen LogP contribution in [0.5, 0.6) is 11.6 Å². The number of alkyl halides is 1. The highest BCUT2D eigenvalue weighted by atomic mass is 19.1. The van der Waals surface area contributed by atoms with Crippen LogP contribution in [0.2, 0.25) is 0 Å². The number of phenols is 1. The van der Waals surface area contributed by atoms with Gasteiger partial charge in [0, 0.05) is 42.5 Å². The highest BCUT2D eigenvalue weighted by Crippen LogP contribution is 2.32. The summed E-state index contributed by atoms with van der Waals surface area (Å²) in [4.78, 5) is 12.6. The first-order valence-corrected chi connectivity index (χ1v) is 9.38. The topological polar surface area (TPSA) is 85.1 Å². The summed E-state index contributed by atoms with van der Waals surface area (Å²) in [6, 6.07) is 5.47. The van der Waals surface area contributed by atoms with Gasteiger partial charge in [0.1, 0.15) is 11.9 Å². The van der Waals surface area contributed by atoms with Crippen molar-refractivity contribution in [3.05, 3.63) is 49.3 Å². The zero-order valence-electron chi connectivity index (χ0n) is 15.1. The number of nitrogens with zero attached hydrogens (tertiary/aromatic N) is 4. The predicted molar refractivity (Wildman–Crippen MR) is 100 cm³/mol. The molecule has 0 saturated carbocycles. The molecule has 28 heavy (non-hydrogen) atoms. The number of imidazole rings is 1. The molecule has 144 valence electrons. The molecule has 2 aromatic heterocycles.